The van der Waals surface area contributed by atoms with Crippen LogP contribution in [-0.4, -0.2) is 14.8 Å². The van der Waals surface area contributed by atoms with E-state index in [4.69, 9.17) is 0 Å². The van der Waals surface area contributed by atoms with E-state index < -0.39 is 0 Å². The molecule has 1 atom stereocenters. The zero-order chi connectivity index (χ0) is 9.97. The fraction of sp³-hybridized carbons (Fsp3) is 0.636. The van der Waals surface area contributed by atoms with Crippen molar-refractivity contribution in [1.29, 1.82) is 0 Å². The van der Waals surface area contributed by atoms with Gasteiger partial charge in [-0.1, -0.05) is 22.9 Å². The van der Waals surface area contributed by atoms with Crippen LogP contribution in [-0.2, 0) is 19.3 Å². The largest absolute Gasteiger partial charge is 0.241 e. The minimum atomic E-state index is 0.557. The molecule has 2 nitrogen and oxygen atoms in total. The molecule has 1 aromatic heterocycles. The Hall–Kier alpha value is -0.440. The number of aromatic nitrogens is 2. The molecule has 0 aliphatic heterocycles. The van der Waals surface area contributed by atoms with Gasteiger partial charge in [0.15, 0.2) is 0 Å². The van der Waals surface area contributed by atoms with Gasteiger partial charge in [-0.15, -0.1) is 0 Å². The Morgan fingerprint density at radius 2 is 2.29 bits per heavy atom. The standard InChI is InChI=1S/C11H15BrN2/c1-2-8(12)6-11-9-4-3-5-10(9)13-7-14-11/h7-8H,2-6H2,1H3. The van der Waals surface area contributed by atoms with Crippen LogP contribution in [0.15, 0.2) is 6.33 Å². The second-order valence-electron chi connectivity index (χ2n) is 3.81. The summed E-state index contributed by atoms with van der Waals surface area (Å²) in [5, 5.41) is 0. The van der Waals surface area contributed by atoms with Gasteiger partial charge in [-0.3, -0.25) is 0 Å². The summed E-state index contributed by atoms with van der Waals surface area (Å²) < 4.78 is 0. The maximum absolute atomic E-state index is 4.40. The molecule has 0 saturated heterocycles. The van der Waals surface area contributed by atoms with Crippen molar-refractivity contribution in [3.63, 3.8) is 0 Å². The number of hydrogen-bond acceptors (Lipinski definition) is 2. The highest BCUT2D eigenvalue weighted by molar-refractivity contribution is 9.09. The number of aryl methyl sites for hydroxylation is 1. The molecular formula is C11H15BrN2. The number of halogens is 1. The molecule has 1 heterocycles. The van der Waals surface area contributed by atoms with Crippen molar-refractivity contribution in [2.45, 2.75) is 43.9 Å². The van der Waals surface area contributed by atoms with Gasteiger partial charge in [-0.25, -0.2) is 9.97 Å². The second-order valence-corrected chi connectivity index (χ2v) is 5.10. The molecule has 0 radical (unpaired) electrons. The lowest BCUT2D eigenvalue weighted by Crippen LogP contribution is -2.07. The van der Waals surface area contributed by atoms with E-state index in [2.05, 4.69) is 32.8 Å². The Kier molecular flexibility index (Phi) is 3.16. The third-order valence-corrected chi connectivity index (χ3v) is 3.79. The second kappa shape index (κ2) is 4.39. The van der Waals surface area contributed by atoms with Crippen LogP contribution < -0.4 is 0 Å². The first kappa shape index (κ1) is 10.1. The normalized spacial score (nSPS) is 16.7. The molecule has 0 saturated carbocycles. The summed E-state index contributed by atoms with van der Waals surface area (Å²) in [7, 11) is 0. The molecule has 0 aromatic carbocycles. The zero-order valence-corrected chi connectivity index (χ0v) is 10.0. The fourth-order valence-electron chi connectivity index (χ4n) is 1.96. The minimum absolute atomic E-state index is 0.557. The van der Waals surface area contributed by atoms with Gasteiger partial charge < -0.3 is 0 Å². The number of rotatable bonds is 3. The van der Waals surface area contributed by atoms with Crippen molar-refractivity contribution in [3.05, 3.63) is 23.3 Å². The summed E-state index contributed by atoms with van der Waals surface area (Å²) in [6.45, 7) is 2.20. The van der Waals surface area contributed by atoms with Gasteiger partial charge in [0, 0.05) is 22.6 Å². The van der Waals surface area contributed by atoms with Crippen molar-refractivity contribution in [2.75, 3.05) is 0 Å². The van der Waals surface area contributed by atoms with Gasteiger partial charge in [0.2, 0.25) is 0 Å². The average Bonchev–Trinajstić information content (AvgIpc) is 2.66. The Bertz CT molecular complexity index is 325. The Morgan fingerprint density at radius 1 is 1.43 bits per heavy atom. The van der Waals surface area contributed by atoms with Crippen molar-refractivity contribution < 1.29 is 0 Å². The first-order valence-corrected chi connectivity index (χ1v) is 6.18. The van der Waals surface area contributed by atoms with Gasteiger partial charge in [0.25, 0.3) is 0 Å². The monoisotopic (exact) mass is 254 g/mol. The van der Waals surface area contributed by atoms with Crippen LogP contribution in [0.3, 0.4) is 0 Å². The van der Waals surface area contributed by atoms with Crippen molar-refractivity contribution in [2.24, 2.45) is 0 Å². The van der Waals surface area contributed by atoms with Gasteiger partial charge in [-0.2, -0.15) is 0 Å². The lowest BCUT2D eigenvalue weighted by Gasteiger charge is -2.09. The smallest absolute Gasteiger partial charge is 0.115 e. The molecule has 1 aromatic rings. The topological polar surface area (TPSA) is 25.8 Å². The van der Waals surface area contributed by atoms with E-state index in [1.807, 2.05) is 0 Å². The quantitative estimate of drug-likeness (QED) is 0.776. The van der Waals surface area contributed by atoms with Crippen molar-refractivity contribution >= 4 is 15.9 Å². The molecule has 3 heteroatoms. The Labute approximate surface area is 93.3 Å². The molecule has 0 amide bonds. The first-order chi connectivity index (χ1) is 6.81. The number of hydrogen-bond donors (Lipinski definition) is 0. The molecule has 1 aliphatic rings. The lowest BCUT2D eigenvalue weighted by molar-refractivity contribution is 0.791. The predicted molar refractivity (Wildman–Crippen MR) is 60.8 cm³/mol. The predicted octanol–water partition coefficient (Wildman–Crippen LogP) is 2.68. The van der Waals surface area contributed by atoms with Crippen molar-refractivity contribution in [3.8, 4) is 0 Å². The van der Waals surface area contributed by atoms with Crippen LogP contribution in [0.2, 0.25) is 0 Å². The number of alkyl halides is 1. The van der Waals surface area contributed by atoms with Crippen LogP contribution in [0.5, 0.6) is 0 Å². The van der Waals surface area contributed by atoms with Gasteiger partial charge in [0.1, 0.15) is 6.33 Å². The number of fused-ring (bicyclic) bond motifs is 1. The summed E-state index contributed by atoms with van der Waals surface area (Å²) in [4.78, 5) is 9.28. The highest BCUT2D eigenvalue weighted by Gasteiger charge is 2.17. The molecule has 1 unspecified atom stereocenters. The lowest BCUT2D eigenvalue weighted by atomic mass is 10.1. The van der Waals surface area contributed by atoms with E-state index >= 15 is 0 Å². The van der Waals surface area contributed by atoms with E-state index in [9.17, 15) is 0 Å². The number of nitrogens with zero attached hydrogens (tertiary/aromatic N) is 2. The Balaban J connectivity index is 2.22. The van der Waals surface area contributed by atoms with Gasteiger partial charge in [-0.05, 0) is 31.2 Å². The third kappa shape index (κ3) is 1.97. The highest BCUT2D eigenvalue weighted by atomic mass is 79.9. The van der Waals surface area contributed by atoms with Gasteiger partial charge in [0.05, 0.1) is 0 Å². The van der Waals surface area contributed by atoms with Crippen LogP contribution in [0.4, 0.5) is 0 Å². The zero-order valence-electron chi connectivity index (χ0n) is 8.46. The van der Waals surface area contributed by atoms with Crippen molar-refractivity contribution in [1.82, 2.24) is 9.97 Å². The minimum Gasteiger partial charge on any atom is -0.241 e. The molecule has 14 heavy (non-hydrogen) atoms. The molecular weight excluding hydrogens is 240 g/mol. The fourth-order valence-corrected chi connectivity index (χ4v) is 2.26. The summed E-state index contributed by atoms with van der Waals surface area (Å²) in [6, 6.07) is 0. The first-order valence-electron chi connectivity index (χ1n) is 5.27. The average molecular weight is 255 g/mol. The van der Waals surface area contributed by atoms with Crippen LogP contribution in [0.25, 0.3) is 0 Å². The SMILES string of the molecule is CCC(Br)Cc1ncnc2c1CCC2. The molecule has 0 fully saturated rings. The maximum Gasteiger partial charge on any atom is 0.115 e. The molecule has 2 rings (SSSR count). The van der Waals surface area contributed by atoms with E-state index in [1.54, 1.807) is 6.33 Å². The van der Waals surface area contributed by atoms with Crippen LogP contribution in [0, 0.1) is 0 Å². The highest BCUT2D eigenvalue weighted by Crippen LogP contribution is 2.24. The van der Waals surface area contributed by atoms with E-state index in [1.165, 1.54) is 29.8 Å². The molecule has 1 aliphatic carbocycles. The summed E-state index contributed by atoms with van der Waals surface area (Å²) in [6.07, 6.45) is 7.48. The molecule has 0 bridgehead atoms. The van der Waals surface area contributed by atoms with E-state index in [-0.39, 0.29) is 0 Å². The summed E-state index contributed by atoms with van der Waals surface area (Å²) in [5.74, 6) is 0. The molecule has 76 valence electrons. The van der Waals surface area contributed by atoms with Crippen LogP contribution in [0.1, 0.15) is 36.7 Å². The molecule has 0 N–H and O–H groups in total. The summed E-state index contributed by atoms with van der Waals surface area (Å²) in [5.41, 5.74) is 3.97. The maximum atomic E-state index is 4.40. The van der Waals surface area contributed by atoms with E-state index in [0.29, 0.717) is 4.83 Å². The van der Waals surface area contributed by atoms with Gasteiger partial charge >= 0.3 is 0 Å². The Morgan fingerprint density at radius 3 is 3.07 bits per heavy atom. The summed E-state index contributed by atoms with van der Waals surface area (Å²) >= 11 is 3.66. The van der Waals surface area contributed by atoms with Crippen LogP contribution >= 0.6 is 15.9 Å². The molecule has 0 spiro atoms. The van der Waals surface area contributed by atoms with E-state index in [0.717, 1.165) is 19.3 Å². The third-order valence-electron chi connectivity index (χ3n) is 2.82.